The third kappa shape index (κ3) is 6.72. The minimum Gasteiger partial charge on any atom is -0.465 e. The Hall–Kier alpha value is -3.85. The molecule has 0 unspecified atom stereocenters. The zero-order valence-electron chi connectivity index (χ0n) is 25.7. The van der Waals surface area contributed by atoms with Crippen molar-refractivity contribution in [1.82, 2.24) is 23.9 Å². The van der Waals surface area contributed by atoms with Crippen molar-refractivity contribution in [2.45, 2.75) is 91.3 Å². The van der Waals surface area contributed by atoms with Gasteiger partial charge in [0.25, 0.3) is 0 Å². The molecule has 0 aliphatic carbocycles. The molecule has 3 heterocycles. The Balaban J connectivity index is 1.68. The van der Waals surface area contributed by atoms with E-state index in [0.717, 1.165) is 4.90 Å². The fourth-order valence-electron chi connectivity index (χ4n) is 6.03. The smallest absolute Gasteiger partial charge is 0.407 e. The van der Waals surface area contributed by atoms with Crippen LogP contribution in [0.15, 0.2) is 35.1 Å². The highest BCUT2D eigenvalue weighted by Crippen LogP contribution is 2.37. The first-order valence-electron chi connectivity index (χ1n) is 14.2. The lowest BCUT2D eigenvalue weighted by atomic mass is 9.91. The highest BCUT2D eigenvalue weighted by molar-refractivity contribution is 5.78. The van der Waals surface area contributed by atoms with Gasteiger partial charge in [-0.2, -0.15) is 18.4 Å². The predicted octanol–water partition coefficient (Wildman–Crippen LogP) is 5.99. The third-order valence-corrected chi connectivity index (χ3v) is 7.84. The number of hydrogen-bond acceptors (Lipinski definition) is 5. The molecular formula is C31H39F3N6O3. The standard InChI is InChI=1S/C31H39F3N6O3/c1-29(2,3)18-39-24-11-10-23(36-26(24)37(7)27(39)41)22-14-19(8-9-20(22)16-35)17-38-13-12-21(15-25(38)31(32,33)34)40(28(42)43)30(4,5)6/h8-11,14,21,25H,12-13,15,17-18H2,1-7H3,(H,42,43)/t21-,25+/m0/s1. The summed E-state index contributed by atoms with van der Waals surface area (Å²) in [6.07, 6.45) is -5.90. The SMILES string of the molecule is Cn1c(=O)n(CC(C)(C)C)c2ccc(-c3cc(CN4CC[C@H](N(C(=O)O)C(C)(C)C)C[C@@H]4C(F)(F)F)ccc3C#N)nc21. The number of fused-ring (bicyclic) bond motifs is 1. The van der Waals surface area contributed by atoms with E-state index in [0.29, 0.717) is 40.1 Å². The van der Waals surface area contributed by atoms with Crippen molar-refractivity contribution < 1.29 is 23.1 Å². The number of imidazole rings is 1. The number of piperidine rings is 1. The van der Waals surface area contributed by atoms with Gasteiger partial charge in [-0.05, 0) is 68.9 Å². The van der Waals surface area contributed by atoms with Gasteiger partial charge in [0, 0.05) is 43.8 Å². The van der Waals surface area contributed by atoms with Crippen LogP contribution in [0.1, 0.15) is 65.5 Å². The van der Waals surface area contributed by atoms with Gasteiger partial charge < -0.3 is 10.0 Å². The molecule has 12 heteroatoms. The zero-order valence-corrected chi connectivity index (χ0v) is 25.7. The van der Waals surface area contributed by atoms with E-state index in [1.807, 2.05) is 20.8 Å². The second-order valence-corrected chi connectivity index (χ2v) is 13.5. The average molecular weight is 601 g/mol. The summed E-state index contributed by atoms with van der Waals surface area (Å²) < 4.78 is 46.1. The van der Waals surface area contributed by atoms with Gasteiger partial charge >= 0.3 is 18.0 Å². The average Bonchev–Trinajstić information content (AvgIpc) is 3.11. The lowest BCUT2D eigenvalue weighted by molar-refractivity contribution is -0.199. The number of pyridine rings is 1. The van der Waals surface area contributed by atoms with Crippen LogP contribution in [0.25, 0.3) is 22.4 Å². The molecule has 2 atom stereocenters. The number of carbonyl (C=O) groups is 1. The van der Waals surface area contributed by atoms with Crippen LogP contribution in [0, 0.1) is 16.7 Å². The van der Waals surface area contributed by atoms with E-state index in [1.165, 1.54) is 9.47 Å². The summed E-state index contributed by atoms with van der Waals surface area (Å²) in [5.74, 6) is 0. The molecule has 1 aromatic carbocycles. The molecule has 1 amide bonds. The minimum atomic E-state index is -4.56. The second kappa shape index (κ2) is 11.3. The van der Waals surface area contributed by atoms with Gasteiger partial charge in [0.2, 0.25) is 0 Å². The van der Waals surface area contributed by atoms with Gasteiger partial charge in [-0.15, -0.1) is 0 Å². The Morgan fingerprint density at radius 3 is 2.37 bits per heavy atom. The monoisotopic (exact) mass is 600 g/mol. The quantitative estimate of drug-likeness (QED) is 0.385. The first-order valence-corrected chi connectivity index (χ1v) is 14.2. The number of hydrogen-bond donors (Lipinski definition) is 1. The molecule has 3 aromatic rings. The molecule has 9 nitrogen and oxygen atoms in total. The normalized spacial score (nSPS) is 18.5. The number of rotatable bonds is 5. The molecule has 0 bridgehead atoms. The Morgan fingerprint density at radius 1 is 1.14 bits per heavy atom. The Bertz CT molecular complexity index is 1620. The molecule has 232 valence electrons. The van der Waals surface area contributed by atoms with Gasteiger partial charge in [-0.25, -0.2) is 14.6 Å². The summed E-state index contributed by atoms with van der Waals surface area (Å²) in [6, 6.07) is 7.92. The van der Waals surface area contributed by atoms with Crippen LogP contribution in [-0.4, -0.2) is 65.5 Å². The Labute approximate surface area is 249 Å². The molecule has 2 aromatic heterocycles. The summed E-state index contributed by atoms with van der Waals surface area (Å²) in [5, 5.41) is 19.6. The molecule has 43 heavy (non-hydrogen) atoms. The number of aryl methyl sites for hydroxylation is 1. The van der Waals surface area contributed by atoms with Crippen molar-refractivity contribution in [2.75, 3.05) is 6.54 Å². The summed E-state index contributed by atoms with van der Waals surface area (Å²) in [5.41, 5.74) is 1.66. The number of nitriles is 1. The van der Waals surface area contributed by atoms with Crippen LogP contribution in [0.2, 0.25) is 0 Å². The molecule has 1 aliphatic heterocycles. The topological polar surface area (TPSA) is 107 Å². The van der Waals surface area contributed by atoms with Crippen molar-refractivity contribution in [3.05, 3.63) is 51.9 Å². The number of halogens is 3. The van der Waals surface area contributed by atoms with Crippen LogP contribution < -0.4 is 5.69 Å². The fourth-order valence-corrected chi connectivity index (χ4v) is 6.03. The predicted molar refractivity (Wildman–Crippen MR) is 157 cm³/mol. The fraction of sp³-hybridized carbons (Fsp3) is 0.548. The lowest BCUT2D eigenvalue weighted by Gasteiger charge is -2.47. The number of benzene rings is 1. The number of carboxylic acid groups (broad SMARTS) is 1. The second-order valence-electron chi connectivity index (χ2n) is 13.5. The molecular weight excluding hydrogens is 561 g/mol. The van der Waals surface area contributed by atoms with Crippen molar-refractivity contribution in [2.24, 2.45) is 12.5 Å². The van der Waals surface area contributed by atoms with Crippen molar-refractivity contribution in [3.8, 4) is 17.3 Å². The van der Waals surface area contributed by atoms with E-state index in [1.54, 1.807) is 62.7 Å². The molecule has 4 rings (SSSR count). The third-order valence-electron chi connectivity index (χ3n) is 7.84. The number of aromatic nitrogens is 3. The largest absolute Gasteiger partial charge is 0.465 e. The lowest BCUT2D eigenvalue weighted by Crippen LogP contribution is -2.59. The number of likely N-dealkylation sites (tertiary alicyclic amines) is 1. The van der Waals surface area contributed by atoms with E-state index < -0.39 is 29.9 Å². The van der Waals surface area contributed by atoms with Crippen molar-refractivity contribution in [1.29, 1.82) is 5.26 Å². The van der Waals surface area contributed by atoms with Crippen molar-refractivity contribution in [3.63, 3.8) is 0 Å². The van der Waals surface area contributed by atoms with Gasteiger partial charge in [0.15, 0.2) is 5.65 Å². The van der Waals surface area contributed by atoms with Crippen LogP contribution in [0.4, 0.5) is 18.0 Å². The first kappa shape index (κ1) is 32.1. The molecule has 1 fully saturated rings. The summed E-state index contributed by atoms with van der Waals surface area (Å²) in [7, 11) is 1.63. The van der Waals surface area contributed by atoms with Crippen molar-refractivity contribution >= 4 is 17.3 Å². The van der Waals surface area contributed by atoms with Crippen LogP contribution in [0.5, 0.6) is 0 Å². The van der Waals surface area contributed by atoms with Crippen LogP contribution in [0.3, 0.4) is 0 Å². The number of amides is 1. The molecule has 0 radical (unpaired) electrons. The highest BCUT2D eigenvalue weighted by Gasteiger charge is 2.49. The molecule has 0 spiro atoms. The number of nitrogens with zero attached hydrogens (tertiary/aromatic N) is 6. The van der Waals surface area contributed by atoms with E-state index in [-0.39, 0.29) is 37.0 Å². The Kier molecular flexibility index (Phi) is 8.46. The highest BCUT2D eigenvalue weighted by atomic mass is 19.4. The minimum absolute atomic E-state index is 0.0408. The van der Waals surface area contributed by atoms with Gasteiger partial charge in [-0.3, -0.25) is 14.0 Å². The first-order chi connectivity index (χ1) is 19.8. The van der Waals surface area contributed by atoms with Gasteiger partial charge in [0.05, 0.1) is 22.8 Å². The summed E-state index contributed by atoms with van der Waals surface area (Å²) in [4.78, 5) is 32.1. The maximum Gasteiger partial charge on any atom is 0.407 e. The van der Waals surface area contributed by atoms with E-state index in [2.05, 4.69) is 6.07 Å². The van der Waals surface area contributed by atoms with Gasteiger partial charge in [-0.1, -0.05) is 26.8 Å². The summed E-state index contributed by atoms with van der Waals surface area (Å²) >= 11 is 0. The van der Waals surface area contributed by atoms with E-state index in [9.17, 15) is 33.1 Å². The van der Waals surface area contributed by atoms with E-state index >= 15 is 0 Å². The maximum atomic E-state index is 14.3. The number of alkyl halides is 3. The maximum absolute atomic E-state index is 14.3. The van der Waals surface area contributed by atoms with Gasteiger partial charge in [0.1, 0.15) is 6.04 Å². The van der Waals surface area contributed by atoms with Crippen LogP contribution >= 0.6 is 0 Å². The Morgan fingerprint density at radius 2 is 1.81 bits per heavy atom. The molecule has 0 saturated carbocycles. The molecule has 1 N–H and O–H groups in total. The molecule has 1 aliphatic rings. The van der Waals surface area contributed by atoms with Crippen LogP contribution in [-0.2, 0) is 20.1 Å². The molecule has 1 saturated heterocycles. The van der Waals surface area contributed by atoms with E-state index in [4.69, 9.17) is 4.98 Å². The summed E-state index contributed by atoms with van der Waals surface area (Å²) in [6.45, 7) is 11.6. The zero-order chi connectivity index (χ0) is 32.1.